The number of aliphatic hydroxyl groups excluding tert-OH is 2. The molecule has 1 aliphatic rings. The molecular weight excluding hydrogens is 620 g/mol. The molecule has 0 saturated heterocycles. The summed E-state index contributed by atoms with van der Waals surface area (Å²) < 4.78 is 5.34. The number of nitrogens with one attached hydrogen (secondary N) is 4. The summed E-state index contributed by atoms with van der Waals surface area (Å²) in [5.41, 5.74) is 1.15. The Hall–Kier alpha value is -2.83. The number of ether oxygens (including phenoxy) is 1. The summed E-state index contributed by atoms with van der Waals surface area (Å²) in [6.45, 7) is 14.5. The predicted octanol–water partition coefficient (Wildman–Crippen LogP) is 3.86. The standard InChI is InChI=1S/C35H58N4O7S/c1-20(2)17-26(27(40)18-22(5)31(42)38-30-24-14-11-10-13-23(24)19-28(30)41)37-32(43)25(15-12-16-47-9)36-33(44)29(21(3)4)39-34(45)46-35(6,7)8/h10-11,13-14,20-22,25-30,40-41H,12,15-19H2,1-9H3,(H,36,44)(H,37,43)(H,38,42)(H,39,45)/t22-,25+,26+,27+,28+,29+,30-/m1/s1. The van der Waals surface area contributed by atoms with E-state index in [1.807, 2.05) is 44.4 Å². The van der Waals surface area contributed by atoms with Gasteiger partial charge in [-0.1, -0.05) is 58.9 Å². The topological polar surface area (TPSA) is 166 Å². The summed E-state index contributed by atoms with van der Waals surface area (Å²) in [5, 5.41) is 33.3. The fourth-order valence-electron chi connectivity index (χ4n) is 5.71. The molecule has 0 spiro atoms. The van der Waals surface area contributed by atoms with Crippen LogP contribution in [-0.2, 0) is 25.5 Å². The molecule has 12 heteroatoms. The zero-order valence-corrected chi connectivity index (χ0v) is 30.4. The molecule has 11 nitrogen and oxygen atoms in total. The molecule has 4 amide bonds. The van der Waals surface area contributed by atoms with Crippen molar-refractivity contribution in [1.82, 2.24) is 21.3 Å². The molecule has 0 saturated carbocycles. The Bertz CT molecular complexity index is 1190. The van der Waals surface area contributed by atoms with E-state index in [2.05, 4.69) is 21.3 Å². The first-order valence-corrected chi connectivity index (χ1v) is 18.2. The van der Waals surface area contributed by atoms with Crippen molar-refractivity contribution in [3.05, 3.63) is 35.4 Å². The lowest BCUT2D eigenvalue weighted by molar-refractivity contribution is -0.132. The van der Waals surface area contributed by atoms with E-state index in [0.717, 1.165) is 16.9 Å². The van der Waals surface area contributed by atoms with E-state index in [9.17, 15) is 29.4 Å². The van der Waals surface area contributed by atoms with E-state index >= 15 is 0 Å². The maximum Gasteiger partial charge on any atom is 0.408 e. The van der Waals surface area contributed by atoms with Gasteiger partial charge >= 0.3 is 6.09 Å². The lowest BCUT2D eigenvalue weighted by Gasteiger charge is -2.31. The quantitative estimate of drug-likeness (QED) is 0.135. The third kappa shape index (κ3) is 13.3. The van der Waals surface area contributed by atoms with Crippen LogP contribution in [0, 0.1) is 17.8 Å². The van der Waals surface area contributed by atoms with Gasteiger partial charge in [0.25, 0.3) is 0 Å². The minimum atomic E-state index is -1.04. The van der Waals surface area contributed by atoms with Crippen LogP contribution in [0.5, 0.6) is 0 Å². The van der Waals surface area contributed by atoms with E-state index < -0.39 is 65.8 Å². The number of carbonyl (C=O) groups excluding carboxylic acids is 4. The Balaban J connectivity index is 2.13. The van der Waals surface area contributed by atoms with Gasteiger partial charge < -0.3 is 36.2 Å². The Morgan fingerprint density at radius 1 is 0.957 bits per heavy atom. The van der Waals surface area contributed by atoms with Crippen LogP contribution in [0.3, 0.4) is 0 Å². The summed E-state index contributed by atoms with van der Waals surface area (Å²) in [5.74, 6) is -1.20. The first-order valence-electron chi connectivity index (χ1n) is 16.8. The third-order valence-corrected chi connectivity index (χ3v) is 8.85. The fourth-order valence-corrected chi connectivity index (χ4v) is 6.17. The molecule has 2 rings (SSSR count). The molecular formula is C35H58N4O7S. The van der Waals surface area contributed by atoms with Gasteiger partial charge in [-0.15, -0.1) is 0 Å². The Labute approximate surface area is 285 Å². The first kappa shape index (κ1) is 40.3. The van der Waals surface area contributed by atoms with Crippen molar-refractivity contribution >= 4 is 35.6 Å². The van der Waals surface area contributed by atoms with E-state index in [4.69, 9.17) is 4.74 Å². The van der Waals surface area contributed by atoms with Crippen LogP contribution in [0.1, 0.15) is 98.2 Å². The lowest BCUT2D eigenvalue weighted by atomic mass is 9.91. The monoisotopic (exact) mass is 678 g/mol. The van der Waals surface area contributed by atoms with Crippen molar-refractivity contribution in [3.8, 4) is 0 Å². The van der Waals surface area contributed by atoms with Crippen LogP contribution in [-0.4, -0.2) is 82.0 Å². The molecule has 0 radical (unpaired) electrons. The van der Waals surface area contributed by atoms with E-state index in [0.29, 0.717) is 25.7 Å². The molecule has 6 N–H and O–H groups in total. The van der Waals surface area contributed by atoms with Gasteiger partial charge in [0.2, 0.25) is 17.7 Å². The molecule has 0 aromatic heterocycles. The summed E-state index contributed by atoms with van der Waals surface area (Å²) >= 11 is 1.63. The van der Waals surface area contributed by atoms with E-state index in [1.54, 1.807) is 53.3 Å². The summed E-state index contributed by atoms with van der Waals surface area (Å²) in [7, 11) is 0. The predicted molar refractivity (Wildman–Crippen MR) is 186 cm³/mol. The Morgan fingerprint density at radius 3 is 2.21 bits per heavy atom. The van der Waals surface area contributed by atoms with Crippen LogP contribution >= 0.6 is 11.8 Å². The van der Waals surface area contributed by atoms with Gasteiger partial charge in [-0.25, -0.2) is 4.79 Å². The van der Waals surface area contributed by atoms with Gasteiger partial charge in [0.05, 0.1) is 24.3 Å². The molecule has 0 bridgehead atoms. The highest BCUT2D eigenvalue weighted by atomic mass is 32.2. The molecule has 0 heterocycles. The average molecular weight is 679 g/mol. The third-order valence-electron chi connectivity index (χ3n) is 8.16. The summed E-state index contributed by atoms with van der Waals surface area (Å²) in [6, 6.07) is 4.60. The lowest BCUT2D eigenvalue weighted by Crippen LogP contribution is -2.57. The van der Waals surface area contributed by atoms with Crippen molar-refractivity contribution in [3.63, 3.8) is 0 Å². The molecule has 7 atom stereocenters. The minimum absolute atomic E-state index is 0.0900. The highest BCUT2D eigenvalue weighted by Crippen LogP contribution is 2.31. The number of carbonyl (C=O) groups is 4. The molecule has 1 aromatic carbocycles. The number of alkyl carbamates (subject to hydrolysis) is 1. The molecule has 0 aliphatic heterocycles. The molecule has 1 aromatic rings. The number of thioether (sulfide) groups is 1. The maximum absolute atomic E-state index is 13.7. The summed E-state index contributed by atoms with van der Waals surface area (Å²) in [6.07, 6.45) is 1.51. The first-order chi connectivity index (χ1) is 21.9. The van der Waals surface area contributed by atoms with Crippen molar-refractivity contribution in [1.29, 1.82) is 0 Å². The molecule has 0 fully saturated rings. The van der Waals surface area contributed by atoms with Crippen LogP contribution in [0.4, 0.5) is 4.79 Å². The maximum atomic E-state index is 13.7. The van der Waals surface area contributed by atoms with Crippen molar-refractivity contribution < 1.29 is 34.1 Å². The number of hydrogen-bond acceptors (Lipinski definition) is 8. The van der Waals surface area contributed by atoms with Crippen LogP contribution in [0.25, 0.3) is 0 Å². The highest BCUT2D eigenvalue weighted by molar-refractivity contribution is 7.98. The van der Waals surface area contributed by atoms with Crippen LogP contribution < -0.4 is 21.3 Å². The molecule has 47 heavy (non-hydrogen) atoms. The van der Waals surface area contributed by atoms with Gasteiger partial charge in [-0.3, -0.25) is 14.4 Å². The Kier molecular flexibility index (Phi) is 16.0. The number of benzene rings is 1. The van der Waals surface area contributed by atoms with Crippen LogP contribution in [0.15, 0.2) is 24.3 Å². The van der Waals surface area contributed by atoms with E-state index in [-0.39, 0.29) is 24.2 Å². The second-order valence-corrected chi connectivity index (χ2v) is 15.5. The second-order valence-electron chi connectivity index (χ2n) is 14.5. The van der Waals surface area contributed by atoms with Crippen molar-refractivity contribution in [2.45, 2.75) is 129 Å². The van der Waals surface area contributed by atoms with Gasteiger partial charge in [-0.2, -0.15) is 11.8 Å². The van der Waals surface area contributed by atoms with Gasteiger partial charge in [0.15, 0.2) is 0 Å². The minimum Gasteiger partial charge on any atom is -0.444 e. The van der Waals surface area contributed by atoms with Crippen LogP contribution in [0.2, 0.25) is 0 Å². The number of hydrogen-bond donors (Lipinski definition) is 6. The number of rotatable bonds is 17. The zero-order chi connectivity index (χ0) is 35.5. The Morgan fingerprint density at radius 2 is 1.62 bits per heavy atom. The zero-order valence-electron chi connectivity index (χ0n) is 29.6. The van der Waals surface area contributed by atoms with Crippen molar-refractivity contribution in [2.24, 2.45) is 17.8 Å². The largest absolute Gasteiger partial charge is 0.444 e. The van der Waals surface area contributed by atoms with Crippen molar-refractivity contribution in [2.75, 3.05) is 12.0 Å². The number of aliphatic hydroxyl groups is 2. The number of amides is 4. The van der Waals surface area contributed by atoms with E-state index in [1.165, 1.54) is 0 Å². The average Bonchev–Trinajstić information content (AvgIpc) is 3.27. The SMILES string of the molecule is CSCCC[C@H](NC(=O)[C@@H](NC(=O)OC(C)(C)C)C(C)C)C(=O)N[C@@H](CC(C)C)[C@@H](O)C[C@@H](C)C(=O)N[C@@H]1c2ccccc2C[C@@H]1O. The smallest absolute Gasteiger partial charge is 0.408 e. The fraction of sp³-hybridized carbons (Fsp3) is 0.714. The second kappa shape index (κ2) is 18.6. The molecule has 1 aliphatic carbocycles. The summed E-state index contributed by atoms with van der Waals surface area (Å²) in [4.78, 5) is 52.8. The number of fused-ring (bicyclic) bond motifs is 1. The normalized spacial score (nSPS) is 19.3. The van der Waals surface area contributed by atoms with Gasteiger partial charge in [0, 0.05) is 12.3 Å². The molecule has 0 unspecified atom stereocenters. The van der Waals surface area contributed by atoms with Gasteiger partial charge in [-0.05, 0) is 81.4 Å². The molecule has 266 valence electrons. The van der Waals surface area contributed by atoms with Gasteiger partial charge in [0.1, 0.15) is 17.7 Å². The highest BCUT2D eigenvalue weighted by Gasteiger charge is 2.35.